The molecule has 3 rings (SSSR count). The first-order valence-electron chi connectivity index (χ1n) is 4.83. The molecule has 0 aliphatic rings. The van der Waals surface area contributed by atoms with Crippen LogP contribution in [0.25, 0.3) is 16.9 Å². The highest BCUT2D eigenvalue weighted by Crippen LogP contribution is 2.22. The van der Waals surface area contributed by atoms with Crippen molar-refractivity contribution in [2.45, 2.75) is 0 Å². The molecule has 0 fully saturated rings. The van der Waals surface area contributed by atoms with E-state index < -0.39 is 0 Å². The maximum atomic E-state index is 5.88. The van der Waals surface area contributed by atoms with Crippen LogP contribution in [0.5, 0.6) is 0 Å². The Morgan fingerprint density at radius 1 is 1.24 bits per heavy atom. The molecule has 0 atom stereocenters. The molecule has 0 saturated carbocycles. The summed E-state index contributed by atoms with van der Waals surface area (Å²) >= 11 is 11.7. The first kappa shape index (κ1) is 10.4. The second-order valence-corrected chi connectivity index (χ2v) is 4.23. The SMILES string of the molecule is Clc1c#ccc(-c2cnc3ccc(Cl)nn23)c1. The summed E-state index contributed by atoms with van der Waals surface area (Å²) < 4.78 is 1.67. The minimum atomic E-state index is 0.411. The maximum absolute atomic E-state index is 5.88. The molecular weight excluding hydrogens is 257 g/mol. The van der Waals surface area contributed by atoms with E-state index in [0.29, 0.717) is 10.2 Å². The molecule has 0 saturated heterocycles. The van der Waals surface area contributed by atoms with Crippen LogP contribution in [0.4, 0.5) is 0 Å². The van der Waals surface area contributed by atoms with Gasteiger partial charge in [0.2, 0.25) is 0 Å². The number of halogens is 2. The maximum Gasteiger partial charge on any atom is 0.154 e. The van der Waals surface area contributed by atoms with E-state index >= 15 is 0 Å². The molecule has 82 valence electrons. The van der Waals surface area contributed by atoms with Gasteiger partial charge in [-0.15, -0.1) is 0 Å². The number of hydrogen-bond donors (Lipinski definition) is 0. The Labute approximate surface area is 108 Å². The second-order valence-electron chi connectivity index (χ2n) is 3.43. The van der Waals surface area contributed by atoms with E-state index in [0.717, 1.165) is 16.9 Å². The molecule has 0 radical (unpaired) electrons. The molecule has 3 nitrogen and oxygen atoms in total. The molecular formula is C12H5Cl2N3. The standard InChI is InChI=1S/C12H5Cl2N3/c13-9-3-1-2-8(6-9)10-7-15-12-5-4-11(14)16-17(10)12/h2,4-7H. The molecule has 0 amide bonds. The fourth-order valence-corrected chi connectivity index (χ4v) is 1.90. The average Bonchev–Trinajstić information content (AvgIpc) is 2.71. The van der Waals surface area contributed by atoms with Gasteiger partial charge < -0.3 is 0 Å². The van der Waals surface area contributed by atoms with Crippen molar-refractivity contribution >= 4 is 28.8 Å². The predicted molar refractivity (Wildman–Crippen MR) is 66.1 cm³/mol. The van der Waals surface area contributed by atoms with Crippen LogP contribution < -0.4 is 0 Å². The summed E-state index contributed by atoms with van der Waals surface area (Å²) in [4.78, 5) is 4.24. The van der Waals surface area contributed by atoms with Gasteiger partial charge >= 0.3 is 0 Å². The third-order valence-electron chi connectivity index (χ3n) is 2.33. The van der Waals surface area contributed by atoms with Crippen molar-refractivity contribution in [1.29, 1.82) is 0 Å². The molecule has 2 aromatic heterocycles. The zero-order valence-electron chi connectivity index (χ0n) is 8.48. The summed E-state index contributed by atoms with van der Waals surface area (Å²) in [6.45, 7) is 0. The van der Waals surface area contributed by atoms with Gasteiger partial charge in [0.05, 0.1) is 16.9 Å². The van der Waals surface area contributed by atoms with Gasteiger partial charge in [0.1, 0.15) is 5.15 Å². The topological polar surface area (TPSA) is 30.2 Å². The first-order chi connectivity index (χ1) is 8.24. The van der Waals surface area contributed by atoms with E-state index in [9.17, 15) is 0 Å². The lowest BCUT2D eigenvalue weighted by atomic mass is 10.2. The molecule has 3 aromatic rings. The number of fused-ring (bicyclic) bond motifs is 1. The molecule has 0 spiro atoms. The van der Waals surface area contributed by atoms with Crippen LogP contribution in [0.1, 0.15) is 0 Å². The summed E-state index contributed by atoms with van der Waals surface area (Å²) in [5.74, 6) is 0. The smallest absolute Gasteiger partial charge is 0.154 e. The Balaban J connectivity index is 2.27. The van der Waals surface area contributed by atoms with Gasteiger partial charge in [-0.3, -0.25) is 0 Å². The highest BCUT2D eigenvalue weighted by atomic mass is 35.5. The summed E-state index contributed by atoms with van der Waals surface area (Å²) in [7, 11) is 0. The molecule has 0 aliphatic heterocycles. The van der Waals surface area contributed by atoms with Gasteiger partial charge in [-0.1, -0.05) is 29.3 Å². The largest absolute Gasteiger partial charge is 0.235 e. The Kier molecular flexibility index (Phi) is 2.40. The van der Waals surface area contributed by atoms with Crippen LogP contribution in [-0.4, -0.2) is 14.6 Å². The Morgan fingerprint density at radius 2 is 2.12 bits per heavy atom. The van der Waals surface area contributed by atoms with E-state index in [-0.39, 0.29) is 0 Å². The van der Waals surface area contributed by atoms with Crippen molar-refractivity contribution in [2.75, 3.05) is 0 Å². The lowest BCUT2D eigenvalue weighted by molar-refractivity contribution is 0.943. The fourth-order valence-electron chi connectivity index (χ4n) is 1.59. The van der Waals surface area contributed by atoms with Gasteiger partial charge in [0.15, 0.2) is 5.65 Å². The predicted octanol–water partition coefficient (Wildman–Crippen LogP) is 3.30. The number of nitrogens with zero attached hydrogens (tertiary/aromatic N) is 3. The van der Waals surface area contributed by atoms with E-state index in [2.05, 4.69) is 22.2 Å². The number of aromatic nitrogens is 3. The average molecular weight is 262 g/mol. The third kappa shape index (κ3) is 1.82. The van der Waals surface area contributed by atoms with Crippen LogP contribution in [-0.2, 0) is 0 Å². The molecule has 0 N–H and O–H groups in total. The number of imidazole rings is 1. The second kappa shape index (κ2) is 3.92. The van der Waals surface area contributed by atoms with Gasteiger partial charge in [0, 0.05) is 5.56 Å². The van der Waals surface area contributed by atoms with Crippen molar-refractivity contribution in [3.63, 3.8) is 0 Å². The lowest BCUT2D eigenvalue weighted by Crippen LogP contribution is -1.93. The van der Waals surface area contributed by atoms with Crippen LogP contribution in [0, 0.1) is 12.1 Å². The summed E-state index contributed by atoms with van der Waals surface area (Å²) in [6, 6.07) is 12.7. The van der Waals surface area contributed by atoms with Crippen LogP contribution in [0.2, 0.25) is 10.2 Å². The minimum absolute atomic E-state index is 0.411. The molecule has 17 heavy (non-hydrogen) atoms. The lowest BCUT2D eigenvalue weighted by Gasteiger charge is -2.00. The fraction of sp³-hybridized carbons (Fsp3) is 0. The van der Waals surface area contributed by atoms with Crippen molar-refractivity contribution in [1.82, 2.24) is 14.6 Å². The van der Waals surface area contributed by atoms with Crippen LogP contribution >= 0.6 is 23.2 Å². The Hall–Kier alpha value is -1.76. The molecule has 1 aromatic carbocycles. The third-order valence-corrected chi connectivity index (χ3v) is 2.73. The summed E-state index contributed by atoms with van der Waals surface area (Å²) in [5, 5.41) is 5.10. The van der Waals surface area contributed by atoms with Gasteiger partial charge in [0.25, 0.3) is 0 Å². The number of hydrogen-bond acceptors (Lipinski definition) is 2. The van der Waals surface area contributed by atoms with Crippen LogP contribution in [0.15, 0.2) is 30.5 Å². The van der Waals surface area contributed by atoms with E-state index in [4.69, 9.17) is 23.2 Å². The van der Waals surface area contributed by atoms with Crippen molar-refractivity contribution < 1.29 is 0 Å². The van der Waals surface area contributed by atoms with Crippen molar-refractivity contribution in [3.05, 3.63) is 52.8 Å². The molecule has 0 bridgehead atoms. The summed E-state index contributed by atoms with van der Waals surface area (Å²) in [6.07, 6.45) is 1.72. The molecule has 2 heterocycles. The van der Waals surface area contributed by atoms with Gasteiger partial charge in [-0.25, -0.2) is 9.50 Å². The van der Waals surface area contributed by atoms with E-state index in [1.165, 1.54) is 0 Å². The quantitative estimate of drug-likeness (QED) is 0.673. The van der Waals surface area contributed by atoms with Crippen LogP contribution in [0.3, 0.4) is 0 Å². The zero-order valence-corrected chi connectivity index (χ0v) is 10.00. The number of rotatable bonds is 1. The van der Waals surface area contributed by atoms with Crippen molar-refractivity contribution in [3.8, 4) is 11.3 Å². The molecule has 0 unspecified atom stereocenters. The van der Waals surface area contributed by atoms with Gasteiger partial charge in [-0.2, -0.15) is 5.10 Å². The molecule has 0 aliphatic carbocycles. The Morgan fingerprint density at radius 3 is 2.94 bits per heavy atom. The minimum Gasteiger partial charge on any atom is -0.235 e. The highest BCUT2D eigenvalue weighted by Gasteiger charge is 2.07. The molecule has 5 heteroatoms. The highest BCUT2D eigenvalue weighted by molar-refractivity contribution is 6.30. The van der Waals surface area contributed by atoms with Gasteiger partial charge in [-0.05, 0) is 30.3 Å². The zero-order chi connectivity index (χ0) is 11.8. The Bertz CT molecular complexity index is 691. The van der Waals surface area contributed by atoms with Crippen molar-refractivity contribution in [2.24, 2.45) is 0 Å². The van der Waals surface area contributed by atoms with E-state index in [1.807, 2.05) is 0 Å². The monoisotopic (exact) mass is 261 g/mol. The van der Waals surface area contributed by atoms with E-state index in [1.54, 1.807) is 35.0 Å². The first-order valence-corrected chi connectivity index (χ1v) is 5.59. The normalized spacial score (nSPS) is 10.5. The summed E-state index contributed by atoms with van der Waals surface area (Å²) in [5.41, 5.74) is 2.42.